The average Bonchev–Trinajstić information content (AvgIpc) is 2.98. The van der Waals surface area contributed by atoms with Crippen molar-refractivity contribution in [1.29, 1.82) is 0 Å². The Balaban J connectivity index is 0.00000450. The van der Waals surface area contributed by atoms with Crippen LogP contribution < -0.4 is 10.0 Å². The number of nitrogens with zero attached hydrogens (tertiary/aromatic N) is 2. The minimum absolute atomic E-state index is 0. The number of aromatic nitrogens is 2. The summed E-state index contributed by atoms with van der Waals surface area (Å²) in [4.78, 5) is 23.5. The number of sulfonamides is 1. The van der Waals surface area contributed by atoms with Gasteiger partial charge in [-0.25, -0.2) is 18.7 Å². The topological polar surface area (TPSA) is 130 Å². The molecule has 1 heterocycles. The third-order valence-electron chi connectivity index (χ3n) is 4.23. The second-order valence-corrected chi connectivity index (χ2v) is 8.75. The molecule has 2 rings (SSSR count). The Hall–Kier alpha value is -0.950. The summed E-state index contributed by atoms with van der Waals surface area (Å²) >= 11 is 0. The number of halogens is 1. The Kier molecular flexibility index (Phi) is 11.4. The fourth-order valence-electron chi connectivity index (χ4n) is 2.79. The van der Waals surface area contributed by atoms with E-state index in [1.165, 1.54) is 19.2 Å². The van der Waals surface area contributed by atoms with Gasteiger partial charge in [-0.1, -0.05) is 27.7 Å². The molecule has 0 radical (unpaired) electrons. The molecule has 0 atom stereocenters. The Morgan fingerprint density at radius 1 is 1.06 bits per heavy atom. The second-order valence-electron chi connectivity index (χ2n) is 7.12. The van der Waals surface area contributed by atoms with Crippen molar-refractivity contribution in [3.8, 4) is 0 Å². The second kappa shape index (κ2) is 11.8. The number of nitrogens with one attached hydrogen (secondary N) is 2. The van der Waals surface area contributed by atoms with Gasteiger partial charge in [-0.2, -0.15) is 13.5 Å². The number of aryl methyl sites for hydroxylation is 1. The summed E-state index contributed by atoms with van der Waals surface area (Å²) < 4.78 is 41.5. The molecule has 1 aromatic carbocycles. The fourth-order valence-corrected chi connectivity index (χ4v) is 3.69. The molecule has 0 aliphatic heterocycles. The number of carbonyl (C=O) groups excluding carboxylic acids is 1. The molecule has 0 spiro atoms. The third-order valence-corrected chi connectivity index (χ3v) is 5.43. The summed E-state index contributed by atoms with van der Waals surface area (Å²) in [6.45, 7) is 7.28. The predicted molar refractivity (Wildman–Crippen MR) is 118 cm³/mol. The van der Waals surface area contributed by atoms with Gasteiger partial charge in [0.15, 0.2) is 5.03 Å². The van der Waals surface area contributed by atoms with Crippen molar-refractivity contribution in [2.75, 3.05) is 5.32 Å². The molecular weight excluding hydrogens is 449 g/mol. The number of rotatable bonds is 6. The quantitative estimate of drug-likeness (QED) is 0.547. The molecule has 13 heteroatoms. The van der Waals surface area contributed by atoms with E-state index in [2.05, 4.69) is 10.4 Å². The molecule has 0 aliphatic carbocycles. The van der Waals surface area contributed by atoms with Crippen molar-refractivity contribution >= 4 is 86.8 Å². The number of carbonyl (C=O) groups is 2. The van der Waals surface area contributed by atoms with Crippen LogP contribution in [0.1, 0.15) is 61.1 Å². The van der Waals surface area contributed by atoms with E-state index in [0.29, 0.717) is 16.8 Å². The van der Waals surface area contributed by atoms with E-state index in [1.807, 2.05) is 32.4 Å². The van der Waals surface area contributed by atoms with Crippen LogP contribution in [-0.4, -0.2) is 94.4 Å². The monoisotopic (exact) mass is 474 g/mol. The van der Waals surface area contributed by atoms with E-state index >= 15 is 0 Å². The molecule has 2 amide bonds. The first-order valence-electron chi connectivity index (χ1n) is 8.78. The molecular formula is C18H25FN4Na2O5S. The van der Waals surface area contributed by atoms with Gasteiger partial charge in [0.05, 0.1) is 0 Å². The first-order valence-corrected chi connectivity index (χ1v) is 10.3. The van der Waals surface area contributed by atoms with Gasteiger partial charge < -0.3 is 10.4 Å². The number of hydrogen-bond acceptors (Lipinski definition) is 5. The number of urea groups is 1. The molecule has 162 valence electrons. The fraction of sp³-hybridized carbons (Fsp3) is 0.389. The van der Waals surface area contributed by atoms with Crippen LogP contribution >= 0.6 is 0 Å². The van der Waals surface area contributed by atoms with Gasteiger partial charge in [0, 0.05) is 18.8 Å². The molecule has 0 bridgehead atoms. The summed E-state index contributed by atoms with van der Waals surface area (Å²) in [5.41, 5.74) is 1.02. The number of carboxylic acids is 1. The molecule has 2 aromatic rings. The zero-order chi connectivity index (χ0) is 22.1. The van der Waals surface area contributed by atoms with Gasteiger partial charge >= 0.3 is 71.1 Å². The predicted octanol–water partition coefficient (Wildman–Crippen LogP) is 1.72. The van der Waals surface area contributed by atoms with Crippen LogP contribution in [0.25, 0.3) is 0 Å². The van der Waals surface area contributed by atoms with E-state index in [4.69, 9.17) is 5.11 Å². The van der Waals surface area contributed by atoms with Crippen LogP contribution in [-0.2, 0) is 17.1 Å². The molecule has 0 saturated carbocycles. The number of benzene rings is 1. The minimum atomic E-state index is -4.42. The van der Waals surface area contributed by atoms with Crippen molar-refractivity contribution in [2.24, 2.45) is 7.05 Å². The van der Waals surface area contributed by atoms with Crippen molar-refractivity contribution in [3.05, 3.63) is 40.8 Å². The van der Waals surface area contributed by atoms with Crippen molar-refractivity contribution in [1.82, 2.24) is 14.5 Å². The van der Waals surface area contributed by atoms with Gasteiger partial charge in [-0.15, -0.1) is 0 Å². The van der Waals surface area contributed by atoms with E-state index in [1.54, 1.807) is 0 Å². The summed E-state index contributed by atoms with van der Waals surface area (Å²) in [6.07, 6.45) is 0. The Morgan fingerprint density at radius 2 is 1.55 bits per heavy atom. The van der Waals surface area contributed by atoms with Gasteiger partial charge in [0.25, 0.3) is 10.0 Å². The van der Waals surface area contributed by atoms with Crippen LogP contribution in [0, 0.1) is 5.82 Å². The molecule has 0 saturated heterocycles. The molecule has 0 aliphatic rings. The Morgan fingerprint density at radius 3 is 1.94 bits per heavy atom. The zero-order valence-electron chi connectivity index (χ0n) is 16.6. The number of hydrogen-bond donors (Lipinski definition) is 3. The van der Waals surface area contributed by atoms with E-state index in [9.17, 15) is 22.4 Å². The maximum absolute atomic E-state index is 14.0. The summed E-state index contributed by atoms with van der Waals surface area (Å²) in [7, 11) is -3.15. The molecule has 3 N–H and O–H groups in total. The van der Waals surface area contributed by atoms with E-state index in [-0.39, 0.29) is 76.6 Å². The summed E-state index contributed by atoms with van der Waals surface area (Å²) in [6, 6.07) is 2.36. The number of carboxylic acid groups (broad SMARTS) is 1. The summed E-state index contributed by atoms with van der Waals surface area (Å²) in [5, 5.41) is 14.5. The molecule has 1 aromatic heterocycles. The summed E-state index contributed by atoms with van der Waals surface area (Å²) in [5.74, 6) is -2.08. The van der Waals surface area contributed by atoms with Gasteiger partial charge in [0.1, 0.15) is 11.5 Å². The van der Waals surface area contributed by atoms with Crippen molar-refractivity contribution in [2.45, 2.75) is 44.6 Å². The zero-order valence-corrected chi connectivity index (χ0v) is 17.5. The van der Waals surface area contributed by atoms with Crippen LogP contribution in [0.4, 0.5) is 14.9 Å². The van der Waals surface area contributed by atoms with Crippen LogP contribution in [0.3, 0.4) is 0 Å². The van der Waals surface area contributed by atoms with Crippen LogP contribution in [0.15, 0.2) is 23.2 Å². The van der Waals surface area contributed by atoms with Crippen LogP contribution in [0.2, 0.25) is 0 Å². The molecule has 0 unspecified atom stereocenters. The standard InChI is InChI=1S/C18H23FN4O5S.2Na.2H/c1-9(2)12-6-11(19)7-13(10(3)4)16(12)20-18(26)22-29(27,28)15-8-14(17(24)25)23(5)21-15;;;;/h6-10H,1-5H3,(H,24,25)(H2,20,22,26);;;;. The molecule has 0 fully saturated rings. The Bertz CT molecular complexity index is 1040. The number of amides is 2. The van der Waals surface area contributed by atoms with E-state index in [0.717, 1.165) is 10.7 Å². The van der Waals surface area contributed by atoms with Crippen molar-refractivity contribution < 1.29 is 27.5 Å². The van der Waals surface area contributed by atoms with Gasteiger partial charge in [-0.3, -0.25) is 4.68 Å². The maximum atomic E-state index is 14.0. The van der Waals surface area contributed by atoms with Gasteiger partial charge in [-0.05, 0) is 35.1 Å². The third kappa shape index (κ3) is 7.28. The first kappa shape index (κ1) is 30.0. The average molecular weight is 474 g/mol. The number of anilines is 1. The normalized spacial score (nSPS) is 11.0. The van der Waals surface area contributed by atoms with E-state index < -0.39 is 32.9 Å². The Labute approximate surface area is 224 Å². The molecule has 9 nitrogen and oxygen atoms in total. The van der Waals surface area contributed by atoms with Gasteiger partial charge in [0.2, 0.25) is 0 Å². The van der Waals surface area contributed by atoms with Crippen molar-refractivity contribution in [3.63, 3.8) is 0 Å². The SMILES string of the molecule is CC(C)c1cc(F)cc(C(C)C)c1NC(=O)NS(=O)(=O)c1cc(C(=O)O)n(C)n1.[NaH].[NaH]. The molecule has 31 heavy (non-hydrogen) atoms. The number of aromatic carboxylic acids is 1. The first-order chi connectivity index (χ1) is 13.3. The van der Waals surface area contributed by atoms with Crippen LogP contribution in [0.5, 0.6) is 0 Å².